The van der Waals surface area contributed by atoms with Gasteiger partial charge in [0.2, 0.25) is 0 Å². The Hall–Kier alpha value is -4.28. The highest BCUT2D eigenvalue weighted by Crippen LogP contribution is 2.22. The summed E-state index contributed by atoms with van der Waals surface area (Å²) in [5, 5.41) is 18.9. The summed E-state index contributed by atoms with van der Waals surface area (Å²) in [4.78, 5) is 0. The van der Waals surface area contributed by atoms with Crippen molar-refractivity contribution in [1.82, 2.24) is 0 Å². The lowest BCUT2D eigenvalue weighted by Gasteiger charge is -2.03. The molecule has 4 nitrogen and oxygen atoms in total. The van der Waals surface area contributed by atoms with E-state index >= 15 is 0 Å². The fourth-order valence-corrected chi connectivity index (χ4v) is 2.71. The first kappa shape index (κ1) is 18.5. The normalized spacial score (nSPS) is 11.5. The Morgan fingerprint density at radius 3 is 1.18 bits per heavy atom. The second-order valence-electron chi connectivity index (χ2n) is 6.25. The maximum atomic E-state index is 9.46. The largest absolute Gasteiger partial charge is 0.399 e. The first-order valence-corrected chi connectivity index (χ1v) is 8.64. The third-order valence-corrected chi connectivity index (χ3v) is 4.24. The van der Waals surface area contributed by atoms with Crippen LogP contribution in [-0.2, 0) is 0 Å². The third kappa shape index (κ3) is 4.46. The summed E-state index contributed by atoms with van der Waals surface area (Å²) in [6, 6.07) is 26.5. The van der Waals surface area contributed by atoms with E-state index in [9.17, 15) is 10.5 Å². The first-order valence-electron chi connectivity index (χ1n) is 8.64. The summed E-state index contributed by atoms with van der Waals surface area (Å²) in [5.74, 6) is 0. The highest BCUT2D eigenvalue weighted by atomic mass is 14.5. The van der Waals surface area contributed by atoms with E-state index in [-0.39, 0.29) is 0 Å². The smallest absolute Gasteiger partial charge is 0.0998 e. The van der Waals surface area contributed by atoms with Gasteiger partial charge in [-0.05, 0) is 58.7 Å². The summed E-state index contributed by atoms with van der Waals surface area (Å²) < 4.78 is 0. The molecule has 0 aliphatic heterocycles. The monoisotopic (exact) mass is 362 g/mol. The number of nitriles is 2. The molecule has 134 valence electrons. The zero-order chi connectivity index (χ0) is 19.9. The van der Waals surface area contributed by atoms with E-state index < -0.39 is 0 Å². The second kappa shape index (κ2) is 8.40. The molecule has 4 heteroatoms. The van der Waals surface area contributed by atoms with Gasteiger partial charge in [0.05, 0.1) is 23.3 Å². The minimum atomic E-state index is 0.558. The van der Waals surface area contributed by atoms with Crippen LogP contribution in [0.3, 0.4) is 0 Å². The quantitative estimate of drug-likeness (QED) is 0.388. The average Bonchev–Trinajstić information content (AvgIpc) is 2.73. The van der Waals surface area contributed by atoms with Crippen molar-refractivity contribution in [2.45, 2.75) is 0 Å². The van der Waals surface area contributed by atoms with Gasteiger partial charge in [-0.1, -0.05) is 48.5 Å². The molecule has 0 saturated heterocycles. The standard InChI is InChI=1S/C24H18N4/c25-15-21(19-5-9-23(27)10-6-19)13-17-1-2-18(4-3-17)14-22(16-26)20-7-11-24(28)12-8-20/h1-14H,27-28H2/b21-13+,22-14+. The molecule has 0 unspecified atom stereocenters. The van der Waals surface area contributed by atoms with Gasteiger partial charge in [0.25, 0.3) is 0 Å². The van der Waals surface area contributed by atoms with Crippen molar-refractivity contribution >= 4 is 34.7 Å². The van der Waals surface area contributed by atoms with Gasteiger partial charge in [-0.25, -0.2) is 0 Å². The van der Waals surface area contributed by atoms with E-state index in [0.29, 0.717) is 22.5 Å². The molecule has 0 fully saturated rings. The zero-order valence-electron chi connectivity index (χ0n) is 15.1. The Bertz CT molecular complexity index is 1010. The highest BCUT2D eigenvalue weighted by Gasteiger charge is 2.03. The molecule has 0 bridgehead atoms. The Balaban J connectivity index is 1.86. The number of anilines is 2. The van der Waals surface area contributed by atoms with Crippen molar-refractivity contribution in [1.29, 1.82) is 10.5 Å². The van der Waals surface area contributed by atoms with Crippen LogP contribution in [-0.4, -0.2) is 0 Å². The van der Waals surface area contributed by atoms with Crippen LogP contribution in [0.25, 0.3) is 23.3 Å². The van der Waals surface area contributed by atoms with Gasteiger partial charge in [0.15, 0.2) is 0 Å². The van der Waals surface area contributed by atoms with Crippen LogP contribution in [0.5, 0.6) is 0 Å². The van der Waals surface area contributed by atoms with Crippen LogP contribution in [0.4, 0.5) is 11.4 Å². The molecule has 0 aliphatic rings. The average molecular weight is 362 g/mol. The van der Waals surface area contributed by atoms with Crippen molar-refractivity contribution in [3.63, 3.8) is 0 Å². The Morgan fingerprint density at radius 1 is 0.571 bits per heavy atom. The van der Waals surface area contributed by atoms with Crippen molar-refractivity contribution < 1.29 is 0 Å². The number of hydrogen-bond acceptors (Lipinski definition) is 4. The van der Waals surface area contributed by atoms with Crippen molar-refractivity contribution in [2.75, 3.05) is 11.5 Å². The fraction of sp³-hybridized carbons (Fsp3) is 0. The summed E-state index contributed by atoms with van der Waals surface area (Å²) in [7, 11) is 0. The summed E-state index contributed by atoms with van der Waals surface area (Å²) in [6.07, 6.45) is 3.65. The predicted octanol–water partition coefficient (Wildman–Crippen LogP) is 4.98. The molecule has 0 atom stereocenters. The van der Waals surface area contributed by atoms with E-state index in [0.717, 1.165) is 22.3 Å². The van der Waals surface area contributed by atoms with E-state index in [1.165, 1.54) is 0 Å². The van der Waals surface area contributed by atoms with Gasteiger partial charge in [0, 0.05) is 11.4 Å². The van der Waals surface area contributed by atoms with E-state index in [1.54, 1.807) is 24.3 Å². The first-order chi connectivity index (χ1) is 13.6. The van der Waals surface area contributed by atoms with Crippen molar-refractivity contribution in [3.05, 3.63) is 95.1 Å². The van der Waals surface area contributed by atoms with Crippen LogP contribution in [0.2, 0.25) is 0 Å². The molecule has 3 aromatic carbocycles. The number of benzene rings is 3. The van der Waals surface area contributed by atoms with Gasteiger partial charge in [-0.3, -0.25) is 0 Å². The minimum absolute atomic E-state index is 0.558. The maximum absolute atomic E-state index is 9.46. The lowest BCUT2D eigenvalue weighted by Crippen LogP contribution is -1.87. The van der Waals surface area contributed by atoms with E-state index in [4.69, 9.17) is 11.5 Å². The van der Waals surface area contributed by atoms with Crippen LogP contribution < -0.4 is 11.5 Å². The molecule has 3 rings (SSSR count). The molecule has 28 heavy (non-hydrogen) atoms. The van der Waals surface area contributed by atoms with Gasteiger partial charge >= 0.3 is 0 Å². The van der Waals surface area contributed by atoms with Crippen molar-refractivity contribution in [3.8, 4) is 12.1 Å². The SMILES string of the molecule is N#C/C(=C\c1ccc(/C=C(\C#N)c2ccc(N)cc2)cc1)c1ccc(N)cc1. The molecule has 4 N–H and O–H groups in total. The van der Waals surface area contributed by atoms with Gasteiger partial charge in [-0.2, -0.15) is 10.5 Å². The lowest BCUT2D eigenvalue weighted by atomic mass is 10.0. The molecular weight excluding hydrogens is 344 g/mol. The number of nitrogens with two attached hydrogens (primary N) is 2. The van der Waals surface area contributed by atoms with Crippen LogP contribution in [0.15, 0.2) is 72.8 Å². The topological polar surface area (TPSA) is 99.6 Å². The maximum Gasteiger partial charge on any atom is 0.0998 e. The molecule has 3 aromatic rings. The Morgan fingerprint density at radius 2 is 0.893 bits per heavy atom. The molecule has 0 radical (unpaired) electrons. The van der Waals surface area contributed by atoms with Crippen LogP contribution in [0, 0.1) is 22.7 Å². The number of nitrogens with zero attached hydrogens (tertiary/aromatic N) is 2. The predicted molar refractivity (Wildman–Crippen MR) is 115 cm³/mol. The Kier molecular flexibility index (Phi) is 5.55. The molecule has 0 amide bonds. The second-order valence-corrected chi connectivity index (χ2v) is 6.25. The van der Waals surface area contributed by atoms with Gasteiger partial charge < -0.3 is 11.5 Å². The lowest BCUT2D eigenvalue weighted by molar-refractivity contribution is 1.52. The van der Waals surface area contributed by atoms with Crippen molar-refractivity contribution in [2.24, 2.45) is 0 Å². The minimum Gasteiger partial charge on any atom is -0.399 e. The summed E-state index contributed by atoms with van der Waals surface area (Å²) in [5.41, 5.74) is 17.3. The molecule has 0 aliphatic carbocycles. The molecule has 0 saturated carbocycles. The number of hydrogen-bond donors (Lipinski definition) is 2. The number of nitrogen functional groups attached to an aromatic ring is 2. The van der Waals surface area contributed by atoms with Crippen LogP contribution >= 0.6 is 0 Å². The van der Waals surface area contributed by atoms with E-state index in [2.05, 4.69) is 12.1 Å². The summed E-state index contributed by atoms with van der Waals surface area (Å²) in [6.45, 7) is 0. The molecular formula is C24H18N4. The zero-order valence-corrected chi connectivity index (χ0v) is 15.1. The van der Waals surface area contributed by atoms with Crippen LogP contribution in [0.1, 0.15) is 22.3 Å². The molecule has 0 aromatic heterocycles. The van der Waals surface area contributed by atoms with Gasteiger partial charge in [0.1, 0.15) is 0 Å². The fourth-order valence-electron chi connectivity index (χ4n) is 2.71. The van der Waals surface area contributed by atoms with E-state index in [1.807, 2.05) is 60.7 Å². The number of rotatable bonds is 4. The highest BCUT2D eigenvalue weighted by molar-refractivity contribution is 5.91. The molecule has 0 spiro atoms. The van der Waals surface area contributed by atoms with Gasteiger partial charge in [-0.15, -0.1) is 0 Å². The number of allylic oxidation sites excluding steroid dienone is 2. The molecule has 0 heterocycles. The summed E-state index contributed by atoms with van der Waals surface area (Å²) >= 11 is 0. The third-order valence-electron chi connectivity index (χ3n) is 4.24. The Labute approximate surface area is 164 Å².